The Balaban J connectivity index is 2.03. The molecule has 0 aromatic rings. The monoisotopic (exact) mass is 168 g/mol. The van der Waals surface area contributed by atoms with E-state index in [0.717, 1.165) is 25.4 Å². The molecule has 0 aromatic heterocycles. The van der Waals surface area contributed by atoms with Crippen molar-refractivity contribution in [2.75, 3.05) is 13.1 Å². The van der Waals surface area contributed by atoms with Gasteiger partial charge in [0, 0.05) is 18.6 Å². The Morgan fingerprint density at radius 1 is 1.58 bits per heavy atom. The Morgan fingerprint density at radius 2 is 2.42 bits per heavy atom. The van der Waals surface area contributed by atoms with E-state index in [1.54, 1.807) is 0 Å². The lowest BCUT2D eigenvalue weighted by Gasteiger charge is -2.37. The molecule has 68 valence electrons. The van der Waals surface area contributed by atoms with Gasteiger partial charge in [0.2, 0.25) is 6.41 Å². The fraction of sp³-hybridized carbons (Fsp3) is 0.889. The first kappa shape index (κ1) is 8.05. The van der Waals surface area contributed by atoms with Gasteiger partial charge in [-0.25, -0.2) is 0 Å². The van der Waals surface area contributed by atoms with Crippen LogP contribution in [0.3, 0.4) is 0 Å². The maximum absolute atomic E-state index is 10.7. The number of nitrogens with one attached hydrogen (secondary N) is 1. The lowest BCUT2D eigenvalue weighted by atomic mass is 9.88. The number of fused-ring (bicyclic) bond motifs is 1. The van der Waals surface area contributed by atoms with E-state index in [9.17, 15) is 4.79 Å². The summed E-state index contributed by atoms with van der Waals surface area (Å²) >= 11 is 0. The summed E-state index contributed by atoms with van der Waals surface area (Å²) < 4.78 is 0. The second kappa shape index (κ2) is 3.05. The summed E-state index contributed by atoms with van der Waals surface area (Å²) in [7, 11) is 0. The Hall–Kier alpha value is -0.570. The summed E-state index contributed by atoms with van der Waals surface area (Å²) in [6, 6.07) is 1.02. The molecule has 0 spiro atoms. The number of hydrogen-bond acceptors (Lipinski definition) is 2. The lowest BCUT2D eigenvalue weighted by molar-refractivity contribution is -0.122. The van der Waals surface area contributed by atoms with Crippen molar-refractivity contribution in [2.24, 2.45) is 5.92 Å². The molecule has 3 heteroatoms. The molecule has 0 unspecified atom stereocenters. The lowest BCUT2D eigenvalue weighted by Crippen LogP contribution is -2.49. The van der Waals surface area contributed by atoms with Gasteiger partial charge in [-0.15, -0.1) is 0 Å². The van der Waals surface area contributed by atoms with Crippen LogP contribution < -0.4 is 5.32 Å². The average molecular weight is 168 g/mol. The number of carbonyl (C=O) groups excluding carboxylic acids is 1. The fourth-order valence-corrected chi connectivity index (χ4v) is 2.45. The van der Waals surface area contributed by atoms with Crippen LogP contribution in [0, 0.1) is 5.92 Å². The zero-order chi connectivity index (χ0) is 8.55. The minimum atomic E-state index is 0.448. The van der Waals surface area contributed by atoms with Crippen LogP contribution in [0.2, 0.25) is 0 Å². The number of amides is 1. The van der Waals surface area contributed by atoms with E-state index in [4.69, 9.17) is 0 Å². The van der Waals surface area contributed by atoms with Crippen molar-refractivity contribution in [3.05, 3.63) is 0 Å². The van der Waals surface area contributed by atoms with Gasteiger partial charge in [-0.3, -0.25) is 4.79 Å². The molecule has 2 fully saturated rings. The highest BCUT2D eigenvalue weighted by Crippen LogP contribution is 2.27. The molecule has 3 nitrogen and oxygen atoms in total. The SMILES string of the molecule is C[C@@H]1C[C@H]2CCN[C@H]2CN1C=O. The first-order valence-electron chi connectivity index (χ1n) is 4.75. The van der Waals surface area contributed by atoms with Crippen LogP contribution in [0.5, 0.6) is 0 Å². The summed E-state index contributed by atoms with van der Waals surface area (Å²) in [6.45, 7) is 4.19. The number of piperidine rings is 1. The third-order valence-corrected chi connectivity index (χ3v) is 3.24. The van der Waals surface area contributed by atoms with E-state index in [1.165, 1.54) is 12.8 Å². The summed E-state index contributed by atoms with van der Waals surface area (Å²) in [5, 5.41) is 3.44. The highest BCUT2D eigenvalue weighted by molar-refractivity contribution is 5.48. The Kier molecular flexibility index (Phi) is 2.05. The molecule has 2 saturated heterocycles. The summed E-state index contributed by atoms with van der Waals surface area (Å²) in [6.07, 6.45) is 3.46. The van der Waals surface area contributed by atoms with Crippen LogP contribution in [-0.2, 0) is 4.79 Å². The minimum Gasteiger partial charge on any atom is -0.341 e. The van der Waals surface area contributed by atoms with Crippen LogP contribution >= 0.6 is 0 Å². The zero-order valence-corrected chi connectivity index (χ0v) is 7.49. The van der Waals surface area contributed by atoms with Crippen molar-refractivity contribution < 1.29 is 4.79 Å². The van der Waals surface area contributed by atoms with Crippen molar-refractivity contribution in [1.29, 1.82) is 0 Å². The molecule has 0 bridgehead atoms. The van der Waals surface area contributed by atoms with Crippen molar-refractivity contribution >= 4 is 6.41 Å². The van der Waals surface area contributed by atoms with Crippen LogP contribution in [0.25, 0.3) is 0 Å². The first-order chi connectivity index (χ1) is 5.81. The molecule has 0 aliphatic carbocycles. The van der Waals surface area contributed by atoms with Gasteiger partial charge in [0.15, 0.2) is 0 Å². The fourth-order valence-electron chi connectivity index (χ4n) is 2.45. The number of rotatable bonds is 1. The van der Waals surface area contributed by atoms with Gasteiger partial charge in [-0.1, -0.05) is 0 Å². The van der Waals surface area contributed by atoms with Gasteiger partial charge >= 0.3 is 0 Å². The number of nitrogens with zero attached hydrogens (tertiary/aromatic N) is 1. The van der Waals surface area contributed by atoms with E-state index in [2.05, 4.69) is 12.2 Å². The third kappa shape index (κ3) is 1.22. The normalized spacial score (nSPS) is 41.1. The van der Waals surface area contributed by atoms with Crippen LogP contribution in [0.15, 0.2) is 0 Å². The summed E-state index contributed by atoms with van der Waals surface area (Å²) in [5.41, 5.74) is 0. The molecule has 0 saturated carbocycles. The summed E-state index contributed by atoms with van der Waals surface area (Å²) in [4.78, 5) is 12.6. The average Bonchev–Trinajstić information content (AvgIpc) is 2.49. The zero-order valence-electron chi connectivity index (χ0n) is 7.49. The molecule has 2 aliphatic rings. The molecule has 2 rings (SSSR count). The molecule has 1 N–H and O–H groups in total. The molecule has 0 aromatic carbocycles. The van der Waals surface area contributed by atoms with E-state index in [-0.39, 0.29) is 0 Å². The van der Waals surface area contributed by atoms with E-state index >= 15 is 0 Å². The smallest absolute Gasteiger partial charge is 0.209 e. The van der Waals surface area contributed by atoms with E-state index in [1.807, 2.05) is 4.90 Å². The largest absolute Gasteiger partial charge is 0.341 e. The molecule has 12 heavy (non-hydrogen) atoms. The van der Waals surface area contributed by atoms with E-state index in [0.29, 0.717) is 12.1 Å². The first-order valence-corrected chi connectivity index (χ1v) is 4.75. The minimum absolute atomic E-state index is 0.448. The topological polar surface area (TPSA) is 32.3 Å². The molecule has 0 radical (unpaired) electrons. The van der Waals surface area contributed by atoms with Gasteiger partial charge in [-0.2, -0.15) is 0 Å². The maximum Gasteiger partial charge on any atom is 0.209 e. The molecule has 2 heterocycles. The number of hydrogen-bond donors (Lipinski definition) is 1. The predicted molar refractivity (Wildman–Crippen MR) is 46.7 cm³/mol. The molecule has 2 aliphatic heterocycles. The van der Waals surface area contributed by atoms with Crippen molar-refractivity contribution in [3.8, 4) is 0 Å². The van der Waals surface area contributed by atoms with Gasteiger partial charge in [0.25, 0.3) is 0 Å². The highest BCUT2D eigenvalue weighted by Gasteiger charge is 2.35. The predicted octanol–water partition coefficient (Wildman–Crippen LogP) is 0.215. The Bertz CT molecular complexity index is 183. The molecular formula is C9H16N2O. The third-order valence-electron chi connectivity index (χ3n) is 3.24. The van der Waals surface area contributed by atoms with Crippen molar-refractivity contribution in [3.63, 3.8) is 0 Å². The quantitative estimate of drug-likeness (QED) is 0.568. The van der Waals surface area contributed by atoms with Gasteiger partial charge in [0.05, 0.1) is 0 Å². The van der Waals surface area contributed by atoms with Crippen LogP contribution in [-0.4, -0.2) is 36.5 Å². The Labute approximate surface area is 73.1 Å². The number of likely N-dealkylation sites (tertiary alicyclic amines) is 1. The number of carbonyl (C=O) groups is 1. The van der Waals surface area contributed by atoms with E-state index < -0.39 is 0 Å². The maximum atomic E-state index is 10.7. The van der Waals surface area contributed by atoms with Gasteiger partial charge < -0.3 is 10.2 Å². The van der Waals surface area contributed by atoms with Crippen molar-refractivity contribution in [2.45, 2.75) is 31.8 Å². The summed E-state index contributed by atoms with van der Waals surface area (Å²) in [5.74, 6) is 0.816. The second-order valence-corrected chi connectivity index (χ2v) is 4.00. The van der Waals surface area contributed by atoms with Crippen molar-refractivity contribution in [1.82, 2.24) is 10.2 Å². The highest BCUT2D eigenvalue weighted by atomic mass is 16.1. The standard InChI is InChI=1S/C9H16N2O/c1-7-4-8-2-3-10-9(8)5-11(7)6-12/h6-10H,2-5H2,1H3/t7-,8-,9+/m1/s1. The Morgan fingerprint density at radius 3 is 3.17 bits per heavy atom. The second-order valence-electron chi connectivity index (χ2n) is 4.00. The molecule has 3 atom stereocenters. The van der Waals surface area contributed by atoms with Crippen LogP contribution in [0.4, 0.5) is 0 Å². The van der Waals surface area contributed by atoms with Gasteiger partial charge in [-0.05, 0) is 32.2 Å². The van der Waals surface area contributed by atoms with Crippen LogP contribution in [0.1, 0.15) is 19.8 Å². The molecule has 1 amide bonds. The molecular weight excluding hydrogens is 152 g/mol. The van der Waals surface area contributed by atoms with Gasteiger partial charge in [0.1, 0.15) is 0 Å².